The molecule has 1 aliphatic rings. The lowest BCUT2D eigenvalue weighted by molar-refractivity contribution is -0.119. The minimum absolute atomic E-state index is 0.189. The van der Waals surface area contributed by atoms with Gasteiger partial charge in [0, 0.05) is 23.1 Å². The molecule has 1 aliphatic heterocycles. The predicted molar refractivity (Wildman–Crippen MR) is 111 cm³/mol. The Hall–Kier alpha value is -3.26. The Balaban J connectivity index is 1.46. The van der Waals surface area contributed by atoms with Crippen molar-refractivity contribution in [2.24, 2.45) is 0 Å². The van der Waals surface area contributed by atoms with Gasteiger partial charge in [0.05, 0.1) is 13.0 Å². The van der Waals surface area contributed by atoms with Crippen LogP contribution in [-0.4, -0.2) is 46.7 Å². The van der Waals surface area contributed by atoms with E-state index in [4.69, 9.17) is 9.26 Å². The third kappa shape index (κ3) is 4.12. The number of anilines is 1. The van der Waals surface area contributed by atoms with Crippen molar-refractivity contribution >= 4 is 29.3 Å². The number of rotatable bonds is 5. The van der Waals surface area contributed by atoms with Crippen LogP contribution < -0.4 is 10.1 Å². The van der Waals surface area contributed by atoms with Gasteiger partial charge in [0.1, 0.15) is 11.8 Å². The molecule has 0 saturated carbocycles. The first kappa shape index (κ1) is 19.1. The van der Waals surface area contributed by atoms with Crippen LogP contribution in [0, 0.1) is 0 Å². The summed E-state index contributed by atoms with van der Waals surface area (Å²) in [5.74, 6) is 1.61. The van der Waals surface area contributed by atoms with Crippen LogP contribution in [0.4, 0.5) is 5.69 Å². The first-order valence-electron chi connectivity index (χ1n) is 9.01. The average molecular weight is 409 g/mol. The van der Waals surface area contributed by atoms with Crippen molar-refractivity contribution < 1.29 is 18.8 Å². The molecular formula is C21H19N3O4S. The highest BCUT2D eigenvalue weighted by atomic mass is 32.2. The summed E-state index contributed by atoms with van der Waals surface area (Å²) in [4.78, 5) is 27.2. The largest absolute Gasteiger partial charge is 0.497 e. The number of amides is 2. The van der Waals surface area contributed by atoms with Gasteiger partial charge in [0.25, 0.3) is 5.91 Å². The average Bonchev–Trinajstić information content (AvgIpc) is 3.44. The lowest BCUT2D eigenvalue weighted by Gasteiger charge is -2.22. The van der Waals surface area contributed by atoms with Crippen molar-refractivity contribution in [3.05, 3.63) is 66.4 Å². The Morgan fingerprint density at radius 1 is 1.17 bits per heavy atom. The van der Waals surface area contributed by atoms with Gasteiger partial charge in [0.15, 0.2) is 11.5 Å². The maximum absolute atomic E-state index is 12.9. The smallest absolute Gasteiger partial charge is 0.277 e. The number of hydrogen-bond donors (Lipinski definition) is 1. The molecular weight excluding hydrogens is 390 g/mol. The second-order valence-corrected chi connectivity index (χ2v) is 7.45. The van der Waals surface area contributed by atoms with E-state index in [1.165, 1.54) is 16.7 Å². The van der Waals surface area contributed by atoms with Crippen LogP contribution in [-0.2, 0) is 4.79 Å². The molecule has 2 heterocycles. The number of nitrogens with zero attached hydrogens (tertiary/aromatic N) is 2. The normalized spacial score (nSPS) is 15.9. The Labute approximate surface area is 172 Å². The molecule has 0 spiro atoms. The molecule has 1 aromatic heterocycles. The molecule has 1 N–H and O–H groups in total. The molecule has 1 unspecified atom stereocenters. The number of methoxy groups -OCH3 is 1. The standard InChI is InChI=1S/C21H19N3O4S/c1-27-16-9-7-15(8-10-16)22-20(25)18-12-29-13-24(18)21(26)17-11-19(28-23-17)14-5-3-2-4-6-14/h2-11,18H,12-13H2,1H3,(H,22,25). The molecule has 1 atom stereocenters. The highest BCUT2D eigenvalue weighted by Crippen LogP contribution is 2.26. The molecule has 4 rings (SSSR count). The van der Waals surface area contributed by atoms with Gasteiger partial charge in [-0.3, -0.25) is 9.59 Å². The van der Waals surface area contributed by atoms with Crippen molar-refractivity contribution in [2.45, 2.75) is 6.04 Å². The lowest BCUT2D eigenvalue weighted by atomic mass is 10.1. The summed E-state index contributed by atoms with van der Waals surface area (Å²) in [6.07, 6.45) is 0. The molecule has 0 radical (unpaired) electrons. The summed E-state index contributed by atoms with van der Waals surface area (Å²) in [5.41, 5.74) is 1.67. The zero-order valence-electron chi connectivity index (χ0n) is 15.7. The number of aromatic nitrogens is 1. The van der Waals surface area contributed by atoms with E-state index in [1.54, 1.807) is 37.4 Å². The summed E-state index contributed by atoms with van der Waals surface area (Å²) < 4.78 is 10.4. The van der Waals surface area contributed by atoms with E-state index < -0.39 is 6.04 Å². The molecule has 8 heteroatoms. The second-order valence-electron chi connectivity index (χ2n) is 6.45. The van der Waals surface area contributed by atoms with E-state index in [1.807, 2.05) is 30.3 Å². The quantitative estimate of drug-likeness (QED) is 0.694. The SMILES string of the molecule is COc1ccc(NC(=O)C2CSCN2C(=O)c2cc(-c3ccccc3)on2)cc1. The van der Waals surface area contributed by atoms with Gasteiger partial charge < -0.3 is 19.5 Å². The fourth-order valence-electron chi connectivity index (χ4n) is 3.02. The third-order valence-corrected chi connectivity index (χ3v) is 5.60. The van der Waals surface area contributed by atoms with Crippen LogP contribution in [0.2, 0.25) is 0 Å². The fourth-order valence-corrected chi connectivity index (χ4v) is 4.18. The van der Waals surface area contributed by atoms with E-state index in [2.05, 4.69) is 10.5 Å². The Morgan fingerprint density at radius 2 is 1.93 bits per heavy atom. The molecule has 3 aromatic rings. The van der Waals surface area contributed by atoms with E-state index in [-0.39, 0.29) is 17.5 Å². The van der Waals surface area contributed by atoms with Crippen molar-refractivity contribution in [3.63, 3.8) is 0 Å². The van der Waals surface area contributed by atoms with E-state index in [9.17, 15) is 9.59 Å². The zero-order valence-corrected chi connectivity index (χ0v) is 16.5. The molecule has 7 nitrogen and oxygen atoms in total. The maximum atomic E-state index is 12.9. The van der Waals surface area contributed by atoms with Crippen molar-refractivity contribution in [1.82, 2.24) is 10.1 Å². The minimum atomic E-state index is -0.577. The summed E-state index contributed by atoms with van der Waals surface area (Å²) in [6, 6.07) is 17.5. The van der Waals surface area contributed by atoms with Crippen molar-refractivity contribution in [3.8, 4) is 17.1 Å². The van der Waals surface area contributed by atoms with Gasteiger partial charge in [0.2, 0.25) is 5.91 Å². The predicted octanol–water partition coefficient (Wildman–Crippen LogP) is 3.50. The van der Waals surface area contributed by atoms with Gasteiger partial charge in [-0.05, 0) is 24.3 Å². The molecule has 1 saturated heterocycles. The zero-order chi connectivity index (χ0) is 20.2. The number of benzene rings is 2. The van der Waals surface area contributed by atoms with Crippen molar-refractivity contribution in [2.75, 3.05) is 24.1 Å². The van der Waals surface area contributed by atoms with Gasteiger partial charge in [-0.25, -0.2) is 0 Å². The van der Waals surface area contributed by atoms with Crippen LogP contribution in [0.5, 0.6) is 5.75 Å². The lowest BCUT2D eigenvalue weighted by Crippen LogP contribution is -2.44. The Kier molecular flexibility index (Phi) is 5.53. The third-order valence-electron chi connectivity index (χ3n) is 4.59. The molecule has 2 amide bonds. The summed E-state index contributed by atoms with van der Waals surface area (Å²) in [5, 5.41) is 6.77. The topological polar surface area (TPSA) is 84.7 Å². The number of carbonyl (C=O) groups is 2. The van der Waals surface area contributed by atoms with Crippen LogP contribution in [0.15, 0.2) is 65.2 Å². The first-order valence-corrected chi connectivity index (χ1v) is 10.2. The van der Waals surface area contributed by atoms with E-state index in [0.717, 1.165) is 5.56 Å². The van der Waals surface area contributed by atoms with Crippen LogP contribution in [0.3, 0.4) is 0 Å². The highest BCUT2D eigenvalue weighted by molar-refractivity contribution is 7.99. The van der Waals surface area contributed by atoms with Crippen LogP contribution >= 0.6 is 11.8 Å². The van der Waals surface area contributed by atoms with Gasteiger partial charge in [-0.15, -0.1) is 11.8 Å². The monoisotopic (exact) mass is 409 g/mol. The number of nitrogens with one attached hydrogen (secondary N) is 1. The van der Waals surface area contributed by atoms with Crippen LogP contribution in [0.25, 0.3) is 11.3 Å². The molecule has 2 aromatic carbocycles. The maximum Gasteiger partial charge on any atom is 0.277 e. The summed E-state index contributed by atoms with van der Waals surface area (Å²) >= 11 is 1.53. The number of ether oxygens (including phenoxy) is 1. The van der Waals surface area contributed by atoms with E-state index >= 15 is 0 Å². The second kappa shape index (κ2) is 8.40. The minimum Gasteiger partial charge on any atom is -0.497 e. The molecule has 29 heavy (non-hydrogen) atoms. The Bertz CT molecular complexity index is 1000. The Morgan fingerprint density at radius 3 is 2.66 bits per heavy atom. The van der Waals surface area contributed by atoms with Crippen LogP contribution in [0.1, 0.15) is 10.5 Å². The molecule has 1 fully saturated rings. The van der Waals surface area contributed by atoms with Gasteiger partial charge in [-0.2, -0.15) is 0 Å². The number of thioether (sulfide) groups is 1. The van der Waals surface area contributed by atoms with Gasteiger partial charge in [-0.1, -0.05) is 35.5 Å². The summed E-state index contributed by atoms with van der Waals surface area (Å²) in [6.45, 7) is 0. The number of hydrogen-bond acceptors (Lipinski definition) is 6. The van der Waals surface area contributed by atoms with Crippen molar-refractivity contribution in [1.29, 1.82) is 0 Å². The van der Waals surface area contributed by atoms with E-state index in [0.29, 0.717) is 28.8 Å². The summed E-state index contributed by atoms with van der Waals surface area (Å²) in [7, 11) is 1.58. The van der Waals surface area contributed by atoms with Gasteiger partial charge >= 0.3 is 0 Å². The molecule has 0 aliphatic carbocycles. The molecule has 148 valence electrons. The highest BCUT2D eigenvalue weighted by Gasteiger charge is 2.36. The first-order chi connectivity index (χ1) is 14.2. The number of carbonyl (C=O) groups excluding carboxylic acids is 2. The fraction of sp³-hybridized carbons (Fsp3) is 0.190. The molecule has 0 bridgehead atoms.